The zero-order valence-electron chi connectivity index (χ0n) is 15.8. The fourth-order valence-corrected chi connectivity index (χ4v) is 3.61. The van der Waals surface area contributed by atoms with Gasteiger partial charge in [-0.05, 0) is 54.8 Å². The average Bonchev–Trinajstić information content (AvgIpc) is 2.66. The predicted molar refractivity (Wildman–Crippen MR) is 113 cm³/mol. The van der Waals surface area contributed by atoms with Crippen LogP contribution in [0.15, 0.2) is 36.4 Å². The molecule has 2 aromatic carbocycles. The highest BCUT2D eigenvalue weighted by Gasteiger charge is 2.24. The van der Waals surface area contributed by atoms with E-state index < -0.39 is 0 Å². The first kappa shape index (κ1) is 20.5. The van der Waals surface area contributed by atoms with E-state index in [1.807, 2.05) is 30.9 Å². The van der Waals surface area contributed by atoms with Crippen LogP contribution in [-0.4, -0.2) is 25.0 Å². The van der Waals surface area contributed by atoms with Gasteiger partial charge in [-0.15, -0.1) is 0 Å². The van der Waals surface area contributed by atoms with Gasteiger partial charge in [0.2, 0.25) is 5.91 Å². The molecule has 0 spiro atoms. The largest absolute Gasteiger partial charge is 0.482 e. The highest BCUT2D eigenvalue weighted by Crippen LogP contribution is 2.31. The maximum atomic E-state index is 12.4. The van der Waals surface area contributed by atoms with Crippen molar-refractivity contribution in [1.82, 2.24) is 0 Å². The van der Waals surface area contributed by atoms with Crippen LogP contribution in [0, 0.1) is 5.92 Å². The van der Waals surface area contributed by atoms with Crippen LogP contribution < -0.4 is 15.0 Å². The number of fused-ring (bicyclic) bond motifs is 1. The summed E-state index contributed by atoms with van der Waals surface area (Å²) in [5.41, 5.74) is 2.65. The van der Waals surface area contributed by atoms with Gasteiger partial charge >= 0.3 is 0 Å². The highest BCUT2D eigenvalue weighted by atomic mass is 35.5. The molecule has 28 heavy (non-hydrogen) atoms. The highest BCUT2D eigenvalue weighted by molar-refractivity contribution is 6.35. The number of nitrogens with one attached hydrogen (secondary N) is 1. The fourth-order valence-electron chi connectivity index (χ4n) is 3.15. The van der Waals surface area contributed by atoms with Gasteiger partial charge in [-0.1, -0.05) is 37.0 Å². The van der Waals surface area contributed by atoms with Crippen LogP contribution in [0.25, 0.3) is 0 Å². The first-order valence-corrected chi connectivity index (χ1v) is 9.92. The van der Waals surface area contributed by atoms with Gasteiger partial charge < -0.3 is 15.0 Å². The summed E-state index contributed by atoms with van der Waals surface area (Å²) in [7, 11) is 0. The summed E-state index contributed by atoms with van der Waals surface area (Å²) < 4.78 is 5.46. The molecule has 0 aromatic heterocycles. The minimum Gasteiger partial charge on any atom is -0.482 e. The van der Waals surface area contributed by atoms with E-state index in [4.69, 9.17) is 27.9 Å². The zero-order valence-corrected chi connectivity index (χ0v) is 17.3. The Balaban J connectivity index is 1.65. The van der Waals surface area contributed by atoms with E-state index in [1.165, 1.54) is 0 Å². The summed E-state index contributed by atoms with van der Waals surface area (Å²) in [6.07, 6.45) is 1.78. The second-order valence-corrected chi connectivity index (χ2v) is 7.85. The van der Waals surface area contributed by atoms with Crippen molar-refractivity contribution in [2.45, 2.75) is 26.7 Å². The average molecular weight is 421 g/mol. The van der Waals surface area contributed by atoms with Crippen LogP contribution in [0.1, 0.15) is 25.8 Å². The molecule has 0 radical (unpaired) electrons. The fraction of sp³-hybridized carbons (Fsp3) is 0.333. The molecule has 1 aliphatic heterocycles. The van der Waals surface area contributed by atoms with E-state index in [0.29, 0.717) is 21.5 Å². The zero-order chi connectivity index (χ0) is 20.3. The van der Waals surface area contributed by atoms with Crippen molar-refractivity contribution in [3.8, 4) is 5.75 Å². The molecule has 0 bridgehead atoms. The maximum Gasteiger partial charge on any atom is 0.262 e. The van der Waals surface area contributed by atoms with Gasteiger partial charge in [0, 0.05) is 28.9 Å². The topological polar surface area (TPSA) is 58.6 Å². The van der Waals surface area contributed by atoms with Gasteiger partial charge in [0.05, 0.1) is 5.02 Å². The van der Waals surface area contributed by atoms with Gasteiger partial charge in [0.25, 0.3) is 5.91 Å². The summed E-state index contributed by atoms with van der Waals surface area (Å²) in [5.74, 6) is 0.166. The summed E-state index contributed by atoms with van der Waals surface area (Å²) in [6.45, 7) is 4.36. The number of aryl methyl sites for hydroxylation is 1. The molecule has 0 atom stereocenters. The minimum atomic E-state index is -0.295. The molecule has 5 nitrogen and oxygen atoms in total. The molecule has 2 aromatic rings. The summed E-state index contributed by atoms with van der Waals surface area (Å²) in [5, 5.41) is 3.68. The lowest BCUT2D eigenvalue weighted by molar-refractivity contribution is -0.121. The molecular weight excluding hydrogens is 399 g/mol. The minimum absolute atomic E-state index is 0.0535. The molecule has 1 aliphatic rings. The first-order chi connectivity index (χ1) is 13.3. The number of halogens is 2. The third kappa shape index (κ3) is 4.78. The van der Waals surface area contributed by atoms with Crippen LogP contribution in [0.2, 0.25) is 10.0 Å². The third-order valence-electron chi connectivity index (χ3n) is 4.49. The van der Waals surface area contributed by atoms with E-state index in [9.17, 15) is 9.59 Å². The van der Waals surface area contributed by atoms with Crippen LogP contribution >= 0.6 is 23.2 Å². The number of carbonyl (C=O) groups is 2. The Morgan fingerprint density at radius 2 is 1.96 bits per heavy atom. The predicted octanol–water partition coefficient (Wildman–Crippen LogP) is 4.95. The third-order valence-corrected chi connectivity index (χ3v) is 5.02. The van der Waals surface area contributed by atoms with Crippen molar-refractivity contribution in [3.63, 3.8) is 0 Å². The molecule has 1 heterocycles. The standard InChI is InChI=1S/C21H22Cl2N2O3/c1-13(2)21(27)25-9-3-4-14-10-16(6-7-18(14)25)24-20(26)12-28-19-8-5-15(22)11-17(19)23/h5-8,10-11,13H,3-4,9,12H2,1-2H3,(H,24,26). The Bertz CT molecular complexity index is 899. The smallest absolute Gasteiger partial charge is 0.262 e. The molecule has 1 N–H and O–H groups in total. The Morgan fingerprint density at radius 3 is 2.68 bits per heavy atom. The monoisotopic (exact) mass is 420 g/mol. The molecular formula is C21H22Cl2N2O3. The van der Waals surface area contributed by atoms with E-state index in [0.717, 1.165) is 30.6 Å². The SMILES string of the molecule is CC(C)C(=O)N1CCCc2cc(NC(=O)COc3ccc(Cl)cc3Cl)ccc21. The van der Waals surface area contributed by atoms with Gasteiger partial charge in [-0.25, -0.2) is 0 Å². The van der Waals surface area contributed by atoms with Crippen LogP contribution in [-0.2, 0) is 16.0 Å². The Labute approximate surface area is 174 Å². The van der Waals surface area contributed by atoms with E-state index in [1.54, 1.807) is 24.3 Å². The van der Waals surface area contributed by atoms with Gasteiger partial charge in [0.15, 0.2) is 6.61 Å². The lowest BCUT2D eigenvalue weighted by Crippen LogP contribution is -2.38. The molecule has 7 heteroatoms. The second-order valence-electron chi connectivity index (χ2n) is 7.00. The Kier molecular flexibility index (Phi) is 6.47. The van der Waals surface area contributed by atoms with Crippen LogP contribution in [0.5, 0.6) is 5.75 Å². The van der Waals surface area contributed by atoms with Gasteiger partial charge in [0.1, 0.15) is 5.75 Å². The van der Waals surface area contributed by atoms with Crippen LogP contribution in [0.3, 0.4) is 0 Å². The number of carbonyl (C=O) groups excluding carboxylic acids is 2. The van der Waals surface area contributed by atoms with Crippen molar-refractivity contribution in [2.24, 2.45) is 5.92 Å². The number of rotatable bonds is 5. The van der Waals surface area contributed by atoms with Gasteiger partial charge in [-0.3, -0.25) is 9.59 Å². The number of ether oxygens (including phenoxy) is 1. The van der Waals surface area contributed by atoms with E-state index in [2.05, 4.69) is 5.32 Å². The number of hydrogen-bond acceptors (Lipinski definition) is 3. The van der Waals surface area contributed by atoms with E-state index >= 15 is 0 Å². The lowest BCUT2D eigenvalue weighted by Gasteiger charge is -2.31. The van der Waals surface area contributed by atoms with Crippen molar-refractivity contribution in [1.29, 1.82) is 0 Å². The summed E-state index contributed by atoms with van der Waals surface area (Å²) in [6, 6.07) is 10.4. The normalized spacial score (nSPS) is 13.2. The maximum absolute atomic E-state index is 12.4. The van der Waals surface area contributed by atoms with Crippen molar-refractivity contribution >= 4 is 46.4 Å². The molecule has 0 saturated heterocycles. The number of amides is 2. The Hall–Kier alpha value is -2.24. The van der Waals surface area contributed by atoms with Crippen LogP contribution in [0.4, 0.5) is 11.4 Å². The second kappa shape index (κ2) is 8.84. The quantitative estimate of drug-likeness (QED) is 0.744. The van der Waals surface area contributed by atoms with Crippen molar-refractivity contribution < 1.29 is 14.3 Å². The number of anilines is 2. The number of hydrogen-bond donors (Lipinski definition) is 1. The van der Waals surface area contributed by atoms with Crippen molar-refractivity contribution in [2.75, 3.05) is 23.4 Å². The number of benzene rings is 2. The molecule has 2 amide bonds. The summed E-state index contributed by atoms with van der Waals surface area (Å²) >= 11 is 11.9. The van der Waals surface area contributed by atoms with Gasteiger partial charge in [-0.2, -0.15) is 0 Å². The van der Waals surface area contributed by atoms with Crippen molar-refractivity contribution in [3.05, 3.63) is 52.0 Å². The molecule has 0 saturated carbocycles. The molecule has 0 fully saturated rings. The Morgan fingerprint density at radius 1 is 1.18 bits per heavy atom. The molecule has 0 unspecified atom stereocenters. The molecule has 3 rings (SSSR count). The summed E-state index contributed by atoms with van der Waals surface area (Å²) in [4.78, 5) is 26.5. The molecule has 148 valence electrons. The van der Waals surface area contributed by atoms with E-state index in [-0.39, 0.29) is 24.3 Å². The lowest BCUT2D eigenvalue weighted by atomic mass is 9.99. The molecule has 0 aliphatic carbocycles. The first-order valence-electron chi connectivity index (χ1n) is 9.17. The number of nitrogens with zero attached hydrogens (tertiary/aromatic N) is 1.